The first kappa shape index (κ1) is 29.8. The second-order valence-electron chi connectivity index (χ2n) is 6.21. The Balaban J connectivity index is -0.000000372. The summed E-state index contributed by atoms with van der Waals surface area (Å²) in [5, 5.41) is 19.9. The van der Waals surface area contributed by atoms with Crippen molar-refractivity contribution < 1.29 is 28.6 Å². The number of carboxylic acids is 2. The van der Waals surface area contributed by atoms with Gasteiger partial charge in [0.1, 0.15) is 0 Å². The number of carboxylic acid groups (broad SMARTS) is 2. The van der Waals surface area contributed by atoms with Crippen LogP contribution in [0.25, 0.3) is 0 Å². The maximum atomic E-state index is 12.2. The molecular weight excluding hydrogens is 358 g/mol. The number of carbonyl (C=O) groups excluding carboxylic acids is 2. The fraction of sp³-hybridized carbons (Fsp3) is 0.889. The van der Waals surface area contributed by atoms with Crippen molar-refractivity contribution >= 4 is 49.7 Å². The molecule has 0 aliphatic rings. The van der Waals surface area contributed by atoms with Crippen molar-refractivity contribution in [2.24, 2.45) is 0 Å². The minimum Gasteiger partial charge on any atom is -0.550 e. The van der Waals surface area contributed by atoms with Gasteiger partial charge in [-0.1, -0.05) is 38.5 Å². The smallest absolute Gasteiger partial charge is 0.550 e. The van der Waals surface area contributed by atoms with Gasteiger partial charge in [-0.15, -0.1) is 0 Å². The van der Waals surface area contributed by atoms with E-state index in [1.54, 1.807) is 13.8 Å². The van der Waals surface area contributed by atoms with Crippen LogP contribution in [-0.2, 0) is 9.59 Å². The topological polar surface area (TPSA) is 80.3 Å². The molecular formula is C18H32CaF2O4. The van der Waals surface area contributed by atoms with Crippen molar-refractivity contribution in [2.45, 2.75) is 103 Å². The maximum absolute atomic E-state index is 12.2. The zero-order valence-corrected chi connectivity index (χ0v) is 17.9. The van der Waals surface area contributed by atoms with Gasteiger partial charge in [-0.05, 0) is 52.4 Å². The van der Waals surface area contributed by atoms with Gasteiger partial charge in [-0.25, -0.2) is 8.78 Å². The number of carbonyl (C=O) groups is 2. The first-order chi connectivity index (χ1) is 11.3. The van der Waals surface area contributed by atoms with Gasteiger partial charge in [-0.3, -0.25) is 0 Å². The summed E-state index contributed by atoms with van der Waals surface area (Å²) in [5.41, 5.74) is 0. The summed E-state index contributed by atoms with van der Waals surface area (Å²) in [6.45, 7) is 3.09. The molecule has 0 saturated heterocycles. The third kappa shape index (κ3) is 35.9. The fourth-order valence-corrected chi connectivity index (χ4v) is 2.10. The molecule has 2 atom stereocenters. The Morgan fingerprint density at radius 3 is 1.20 bits per heavy atom. The Morgan fingerprint density at radius 1 is 0.680 bits per heavy atom. The van der Waals surface area contributed by atoms with Crippen molar-refractivity contribution in [2.75, 3.05) is 0 Å². The molecule has 25 heavy (non-hydrogen) atoms. The van der Waals surface area contributed by atoms with Gasteiger partial charge < -0.3 is 19.8 Å². The van der Waals surface area contributed by atoms with Crippen LogP contribution in [0.4, 0.5) is 8.78 Å². The molecule has 0 radical (unpaired) electrons. The van der Waals surface area contributed by atoms with E-state index in [4.69, 9.17) is 0 Å². The molecule has 0 rings (SSSR count). The zero-order chi connectivity index (χ0) is 18.8. The van der Waals surface area contributed by atoms with E-state index in [9.17, 15) is 28.6 Å². The first-order valence-corrected chi connectivity index (χ1v) is 8.93. The van der Waals surface area contributed by atoms with Crippen molar-refractivity contribution in [3.8, 4) is 0 Å². The van der Waals surface area contributed by atoms with E-state index in [2.05, 4.69) is 0 Å². The molecule has 0 amide bonds. The van der Waals surface area contributed by atoms with Crippen LogP contribution >= 0.6 is 0 Å². The van der Waals surface area contributed by atoms with Crippen LogP contribution < -0.4 is 10.2 Å². The molecule has 0 aromatic rings. The second kappa shape index (κ2) is 22.1. The predicted molar refractivity (Wildman–Crippen MR) is 92.3 cm³/mol. The van der Waals surface area contributed by atoms with E-state index in [0.717, 1.165) is 38.5 Å². The Morgan fingerprint density at radius 2 is 0.960 bits per heavy atom. The fourth-order valence-electron chi connectivity index (χ4n) is 2.10. The molecule has 0 fully saturated rings. The molecule has 0 aliphatic carbocycles. The zero-order valence-electron chi connectivity index (χ0n) is 15.7. The molecule has 0 saturated carbocycles. The van der Waals surface area contributed by atoms with Crippen LogP contribution in [0.1, 0.15) is 90.9 Å². The van der Waals surface area contributed by atoms with Gasteiger partial charge in [0, 0.05) is 11.9 Å². The normalized spacial score (nSPS) is 12.3. The molecule has 0 aliphatic heterocycles. The van der Waals surface area contributed by atoms with Crippen molar-refractivity contribution in [1.29, 1.82) is 0 Å². The van der Waals surface area contributed by atoms with Crippen molar-refractivity contribution in [1.82, 2.24) is 0 Å². The number of unbranched alkanes of at least 4 members (excludes halogenated alkanes) is 6. The molecule has 0 bridgehead atoms. The maximum Gasteiger partial charge on any atom is 2.00 e. The van der Waals surface area contributed by atoms with E-state index in [0.29, 0.717) is 25.7 Å². The number of halogens is 2. The van der Waals surface area contributed by atoms with Gasteiger partial charge in [0.05, 0.1) is 12.3 Å². The number of rotatable bonds is 14. The molecule has 0 spiro atoms. The predicted octanol–water partition coefficient (Wildman–Crippen LogP) is 2.49. The standard InChI is InChI=1S/2C9H17FO2.Ca/c2*1-8(10)6-4-2-3-5-7-9(11)12;/h2*8H,2-7H2,1H3,(H,11,12);/q;;+2/p-2. The van der Waals surface area contributed by atoms with Crippen LogP contribution in [0.2, 0.25) is 0 Å². The molecule has 0 aromatic carbocycles. The molecule has 144 valence electrons. The quantitative estimate of drug-likeness (QED) is 0.337. The summed E-state index contributed by atoms with van der Waals surface area (Å²) >= 11 is 0. The van der Waals surface area contributed by atoms with E-state index >= 15 is 0 Å². The third-order valence-corrected chi connectivity index (χ3v) is 3.47. The minimum atomic E-state index is -0.992. The van der Waals surface area contributed by atoms with Crippen LogP contribution in [0, 0.1) is 0 Å². The number of hydrogen-bond acceptors (Lipinski definition) is 4. The summed E-state index contributed by atoms with van der Waals surface area (Å²) in [4.78, 5) is 19.9. The van der Waals surface area contributed by atoms with E-state index in [1.807, 2.05) is 0 Å². The molecule has 0 heterocycles. The van der Waals surface area contributed by atoms with Crippen LogP contribution in [0.5, 0.6) is 0 Å². The Bertz CT molecular complexity index is 283. The Kier molecular flexibility index (Phi) is 26.4. The number of aliphatic carboxylic acids is 2. The van der Waals surface area contributed by atoms with E-state index < -0.39 is 24.3 Å². The number of hydrogen-bond donors (Lipinski definition) is 0. The Hall–Kier alpha value is 0.0597. The van der Waals surface area contributed by atoms with Gasteiger partial charge in [0.15, 0.2) is 0 Å². The molecule has 0 N–H and O–H groups in total. The van der Waals surface area contributed by atoms with Crippen molar-refractivity contribution in [3.05, 3.63) is 0 Å². The summed E-state index contributed by atoms with van der Waals surface area (Å²) in [6.07, 6.45) is 6.55. The first-order valence-electron chi connectivity index (χ1n) is 8.93. The van der Waals surface area contributed by atoms with E-state index in [-0.39, 0.29) is 50.6 Å². The largest absolute Gasteiger partial charge is 2.00 e. The van der Waals surface area contributed by atoms with Crippen LogP contribution in [0.3, 0.4) is 0 Å². The summed E-state index contributed by atoms with van der Waals surface area (Å²) in [5.74, 6) is -1.98. The molecule has 7 heteroatoms. The van der Waals surface area contributed by atoms with Gasteiger partial charge in [0.2, 0.25) is 0 Å². The SMILES string of the molecule is CC(F)CCCCCCC(=O)[O-].CC(F)CCCCCCC(=O)[O-].[Ca+2]. The molecule has 0 aromatic heterocycles. The molecule has 2 unspecified atom stereocenters. The number of alkyl halides is 2. The molecule has 4 nitrogen and oxygen atoms in total. The van der Waals surface area contributed by atoms with Gasteiger partial charge in [0.25, 0.3) is 0 Å². The monoisotopic (exact) mass is 390 g/mol. The summed E-state index contributed by atoms with van der Waals surface area (Å²) in [6, 6.07) is 0. The average Bonchev–Trinajstić information content (AvgIpc) is 2.46. The summed E-state index contributed by atoms with van der Waals surface area (Å²) in [7, 11) is 0. The van der Waals surface area contributed by atoms with Gasteiger partial charge >= 0.3 is 37.7 Å². The Labute approximate surface area is 180 Å². The third-order valence-electron chi connectivity index (χ3n) is 3.47. The summed E-state index contributed by atoms with van der Waals surface area (Å²) < 4.78 is 24.5. The minimum absolute atomic E-state index is 0. The van der Waals surface area contributed by atoms with Crippen LogP contribution in [0.15, 0.2) is 0 Å². The van der Waals surface area contributed by atoms with Crippen LogP contribution in [-0.4, -0.2) is 62.0 Å². The second-order valence-corrected chi connectivity index (χ2v) is 6.21. The van der Waals surface area contributed by atoms with E-state index in [1.165, 1.54) is 0 Å². The average molecular weight is 391 g/mol. The van der Waals surface area contributed by atoms with Crippen molar-refractivity contribution in [3.63, 3.8) is 0 Å². The van der Waals surface area contributed by atoms with Gasteiger partial charge in [-0.2, -0.15) is 0 Å².